The summed E-state index contributed by atoms with van der Waals surface area (Å²) in [5.41, 5.74) is 1.80. The lowest BCUT2D eigenvalue weighted by Gasteiger charge is -2.08. The molecule has 2 rings (SSSR count). The number of H-pyrrole nitrogens is 1. The molecule has 21 heavy (non-hydrogen) atoms. The molecule has 0 fully saturated rings. The fourth-order valence-corrected chi connectivity index (χ4v) is 3.12. The highest BCUT2D eigenvalue weighted by atomic mass is 32.2. The number of pyridine rings is 1. The van der Waals surface area contributed by atoms with Crippen LogP contribution in [0.2, 0.25) is 0 Å². The summed E-state index contributed by atoms with van der Waals surface area (Å²) in [5.74, 6) is 0. The number of hydrogen-bond acceptors (Lipinski definition) is 5. The lowest BCUT2D eigenvalue weighted by molar-refractivity contribution is 0.593. The molecule has 0 aliphatic carbocycles. The van der Waals surface area contributed by atoms with Crippen molar-refractivity contribution in [3.05, 3.63) is 35.8 Å². The molecule has 0 saturated heterocycles. The van der Waals surface area contributed by atoms with Crippen molar-refractivity contribution in [1.29, 1.82) is 0 Å². The molecule has 0 bridgehead atoms. The van der Waals surface area contributed by atoms with Gasteiger partial charge in [0, 0.05) is 24.0 Å². The largest absolute Gasteiger partial charge is 0.313 e. The molecule has 2 aromatic heterocycles. The van der Waals surface area contributed by atoms with Crippen LogP contribution in [0.5, 0.6) is 0 Å². The van der Waals surface area contributed by atoms with Crippen LogP contribution in [0.3, 0.4) is 0 Å². The van der Waals surface area contributed by atoms with Gasteiger partial charge in [-0.15, -0.1) is 0 Å². The second kappa shape index (κ2) is 6.68. The molecule has 0 amide bonds. The van der Waals surface area contributed by atoms with Crippen LogP contribution in [-0.2, 0) is 16.6 Å². The van der Waals surface area contributed by atoms with Gasteiger partial charge in [-0.1, -0.05) is 6.92 Å². The van der Waals surface area contributed by atoms with E-state index < -0.39 is 10.0 Å². The predicted octanol–water partition coefficient (Wildman–Crippen LogP) is 1.41. The van der Waals surface area contributed by atoms with Crippen molar-refractivity contribution in [3.8, 4) is 0 Å². The zero-order chi connectivity index (χ0) is 15.3. The fourth-order valence-electron chi connectivity index (χ4n) is 1.88. The quantitative estimate of drug-likeness (QED) is 0.672. The van der Waals surface area contributed by atoms with Crippen LogP contribution in [0.1, 0.15) is 24.6 Å². The molecule has 114 valence electrons. The molecule has 0 aliphatic heterocycles. The van der Waals surface area contributed by atoms with Crippen LogP contribution < -0.4 is 10.0 Å². The Morgan fingerprint density at radius 2 is 2.19 bits per heavy atom. The first-order valence-corrected chi connectivity index (χ1v) is 8.20. The summed E-state index contributed by atoms with van der Waals surface area (Å²) in [6, 6.07) is 3.30. The summed E-state index contributed by atoms with van der Waals surface area (Å²) in [4.78, 5) is 3.88. The minimum atomic E-state index is -3.73. The zero-order valence-corrected chi connectivity index (χ0v) is 12.9. The summed E-state index contributed by atoms with van der Waals surface area (Å²) in [5, 5.41) is 9.87. The van der Waals surface area contributed by atoms with Gasteiger partial charge in [-0.2, -0.15) is 13.5 Å². The SMILES string of the molecule is CCCNCc1c(S(=O)(=O)Nc2cccnc2)n[nH]c1C. The molecule has 0 aliphatic rings. The molecule has 0 atom stereocenters. The Labute approximate surface area is 124 Å². The number of nitrogens with zero attached hydrogens (tertiary/aromatic N) is 2. The van der Waals surface area contributed by atoms with Gasteiger partial charge < -0.3 is 5.32 Å². The number of nitrogens with one attached hydrogen (secondary N) is 3. The Balaban J connectivity index is 2.24. The van der Waals surface area contributed by atoms with Crippen molar-refractivity contribution in [3.63, 3.8) is 0 Å². The van der Waals surface area contributed by atoms with Crippen LogP contribution in [0, 0.1) is 6.92 Å². The number of aryl methyl sites for hydroxylation is 1. The van der Waals surface area contributed by atoms with Crippen molar-refractivity contribution in [2.45, 2.75) is 31.8 Å². The van der Waals surface area contributed by atoms with Crippen molar-refractivity contribution < 1.29 is 8.42 Å². The summed E-state index contributed by atoms with van der Waals surface area (Å²) < 4.78 is 27.3. The highest BCUT2D eigenvalue weighted by Gasteiger charge is 2.23. The van der Waals surface area contributed by atoms with Crippen LogP contribution in [0.4, 0.5) is 5.69 Å². The van der Waals surface area contributed by atoms with E-state index in [1.54, 1.807) is 25.3 Å². The van der Waals surface area contributed by atoms with Crippen LogP contribution in [-0.4, -0.2) is 30.1 Å². The minimum absolute atomic E-state index is 0.0208. The number of aromatic nitrogens is 3. The molecule has 3 N–H and O–H groups in total. The molecule has 0 spiro atoms. The number of anilines is 1. The lowest BCUT2D eigenvalue weighted by atomic mass is 10.2. The van der Waals surface area contributed by atoms with Crippen LogP contribution in [0.25, 0.3) is 0 Å². The Hall–Kier alpha value is -1.93. The minimum Gasteiger partial charge on any atom is -0.313 e. The Morgan fingerprint density at radius 3 is 2.86 bits per heavy atom. The molecule has 8 heteroatoms. The second-order valence-corrected chi connectivity index (χ2v) is 6.25. The first-order valence-electron chi connectivity index (χ1n) is 6.72. The van der Waals surface area contributed by atoms with Crippen molar-refractivity contribution in [2.24, 2.45) is 0 Å². The highest BCUT2D eigenvalue weighted by Crippen LogP contribution is 2.19. The van der Waals surface area contributed by atoms with E-state index >= 15 is 0 Å². The van der Waals surface area contributed by atoms with E-state index in [0.29, 0.717) is 17.8 Å². The summed E-state index contributed by atoms with van der Waals surface area (Å²) in [6.45, 7) is 5.13. The summed E-state index contributed by atoms with van der Waals surface area (Å²) in [7, 11) is -3.73. The fraction of sp³-hybridized carbons (Fsp3) is 0.385. The number of hydrogen-bond donors (Lipinski definition) is 3. The van der Waals surface area contributed by atoms with E-state index in [0.717, 1.165) is 18.7 Å². The average molecular weight is 309 g/mol. The van der Waals surface area contributed by atoms with Crippen LogP contribution in [0.15, 0.2) is 29.6 Å². The maximum Gasteiger partial charge on any atom is 0.281 e. The van der Waals surface area contributed by atoms with E-state index in [1.165, 1.54) is 6.20 Å². The van der Waals surface area contributed by atoms with Gasteiger partial charge in [0.2, 0.25) is 5.03 Å². The first-order chi connectivity index (χ1) is 10.0. The van der Waals surface area contributed by atoms with Gasteiger partial charge in [0.15, 0.2) is 0 Å². The molecule has 2 heterocycles. The monoisotopic (exact) mass is 309 g/mol. The van der Waals surface area contributed by atoms with E-state index in [4.69, 9.17) is 0 Å². The number of aromatic amines is 1. The van der Waals surface area contributed by atoms with Crippen molar-refractivity contribution in [2.75, 3.05) is 11.3 Å². The molecule has 0 saturated carbocycles. The third kappa shape index (κ3) is 3.79. The van der Waals surface area contributed by atoms with Gasteiger partial charge >= 0.3 is 0 Å². The average Bonchev–Trinajstić information content (AvgIpc) is 2.82. The third-order valence-corrected chi connectivity index (χ3v) is 4.28. The molecule has 2 aromatic rings. The number of sulfonamides is 1. The highest BCUT2D eigenvalue weighted by molar-refractivity contribution is 7.92. The second-order valence-electron chi connectivity index (χ2n) is 4.66. The van der Waals surface area contributed by atoms with E-state index in [9.17, 15) is 8.42 Å². The molecular formula is C13H19N5O2S. The van der Waals surface area contributed by atoms with Gasteiger partial charge in [-0.05, 0) is 32.0 Å². The Kier molecular flexibility index (Phi) is 4.92. The third-order valence-electron chi connectivity index (χ3n) is 2.93. The van der Waals surface area contributed by atoms with Gasteiger partial charge in [0.1, 0.15) is 0 Å². The Bertz CT molecular complexity index is 682. The first kappa shape index (κ1) is 15.5. The summed E-state index contributed by atoms with van der Waals surface area (Å²) >= 11 is 0. The molecule has 0 unspecified atom stereocenters. The topological polar surface area (TPSA) is 99.8 Å². The van der Waals surface area contributed by atoms with Crippen molar-refractivity contribution >= 4 is 15.7 Å². The van der Waals surface area contributed by atoms with Gasteiger partial charge in [-0.25, -0.2) is 0 Å². The van der Waals surface area contributed by atoms with Gasteiger partial charge in [-0.3, -0.25) is 14.8 Å². The van der Waals surface area contributed by atoms with E-state index in [1.807, 2.05) is 0 Å². The van der Waals surface area contributed by atoms with E-state index in [2.05, 4.69) is 32.1 Å². The lowest BCUT2D eigenvalue weighted by Crippen LogP contribution is -2.19. The normalized spacial score (nSPS) is 11.5. The Morgan fingerprint density at radius 1 is 1.38 bits per heavy atom. The molecule has 7 nitrogen and oxygen atoms in total. The molecule has 0 radical (unpaired) electrons. The smallest absolute Gasteiger partial charge is 0.281 e. The number of rotatable bonds is 7. The summed E-state index contributed by atoms with van der Waals surface area (Å²) in [6.07, 6.45) is 4.01. The van der Waals surface area contributed by atoms with Gasteiger partial charge in [0.25, 0.3) is 10.0 Å². The van der Waals surface area contributed by atoms with Crippen LogP contribution >= 0.6 is 0 Å². The van der Waals surface area contributed by atoms with Crippen molar-refractivity contribution in [1.82, 2.24) is 20.5 Å². The maximum atomic E-state index is 12.4. The zero-order valence-electron chi connectivity index (χ0n) is 12.0. The van der Waals surface area contributed by atoms with E-state index in [-0.39, 0.29) is 5.03 Å². The molecule has 0 aromatic carbocycles. The standard InChI is InChI=1S/C13H19N5O2S/c1-3-6-14-9-12-10(2)16-17-13(12)21(19,20)18-11-5-4-7-15-8-11/h4-5,7-8,14,18H,3,6,9H2,1-2H3,(H,16,17). The van der Waals surface area contributed by atoms with Gasteiger partial charge in [0.05, 0.1) is 11.9 Å². The maximum absolute atomic E-state index is 12.4. The predicted molar refractivity (Wildman–Crippen MR) is 80.4 cm³/mol. The molecular weight excluding hydrogens is 290 g/mol.